The summed E-state index contributed by atoms with van der Waals surface area (Å²) in [5.41, 5.74) is 2.37. The predicted molar refractivity (Wildman–Crippen MR) is 138 cm³/mol. The Labute approximate surface area is 202 Å². The Morgan fingerprint density at radius 2 is 2.00 bits per heavy atom. The summed E-state index contributed by atoms with van der Waals surface area (Å²) in [6.45, 7) is 3.00. The molecular formula is C24H31IN4O2. The Morgan fingerprint density at radius 1 is 1.23 bits per heavy atom. The fourth-order valence-electron chi connectivity index (χ4n) is 3.58. The number of guanidine groups is 1. The van der Waals surface area contributed by atoms with Crippen LogP contribution in [-0.4, -0.2) is 52.4 Å². The molecule has 1 aliphatic heterocycles. The number of ether oxygens (including phenoxy) is 2. The highest BCUT2D eigenvalue weighted by atomic mass is 127. The van der Waals surface area contributed by atoms with Crippen LogP contribution >= 0.6 is 24.0 Å². The van der Waals surface area contributed by atoms with Gasteiger partial charge in [0.15, 0.2) is 5.96 Å². The molecule has 1 aliphatic rings. The number of hydrogen-bond acceptors (Lipinski definition) is 4. The minimum absolute atomic E-state index is 0. The number of anilines is 1. The second kappa shape index (κ2) is 13.0. The van der Waals surface area contributed by atoms with E-state index in [1.165, 1.54) is 5.56 Å². The molecule has 0 bridgehead atoms. The van der Waals surface area contributed by atoms with Gasteiger partial charge in [-0.15, -0.1) is 30.4 Å². The zero-order valence-corrected chi connectivity index (χ0v) is 20.5. The number of methoxy groups -OCH3 is 1. The van der Waals surface area contributed by atoms with Crippen LogP contribution in [-0.2, 0) is 6.42 Å². The smallest absolute Gasteiger partial charge is 0.191 e. The molecule has 1 heterocycles. The Hall–Kier alpha value is -2.60. The molecule has 2 aromatic carbocycles. The van der Waals surface area contributed by atoms with E-state index in [-0.39, 0.29) is 24.0 Å². The number of para-hydroxylation sites is 2. The molecule has 7 heteroatoms. The summed E-state index contributed by atoms with van der Waals surface area (Å²) < 4.78 is 10.9. The summed E-state index contributed by atoms with van der Waals surface area (Å²) in [4.78, 5) is 6.73. The summed E-state index contributed by atoms with van der Waals surface area (Å²) in [5, 5.41) is 6.95. The van der Waals surface area contributed by atoms with E-state index in [9.17, 15) is 0 Å². The van der Waals surface area contributed by atoms with E-state index >= 15 is 0 Å². The summed E-state index contributed by atoms with van der Waals surface area (Å²) >= 11 is 0. The lowest BCUT2D eigenvalue weighted by Gasteiger charge is -2.22. The van der Waals surface area contributed by atoms with Gasteiger partial charge in [-0.05, 0) is 42.7 Å². The highest BCUT2D eigenvalue weighted by Gasteiger charge is 2.25. The first-order valence-electron chi connectivity index (χ1n) is 10.2. The molecule has 0 amide bonds. The van der Waals surface area contributed by atoms with E-state index in [2.05, 4.69) is 44.6 Å². The SMILES string of the molecule is C#CCOc1ccc(CCNC(=NC)NC2CCN(c3ccccc3OC)C2)cc1.I. The monoisotopic (exact) mass is 534 g/mol. The fraction of sp³-hybridized carbons (Fsp3) is 0.375. The molecule has 3 rings (SSSR count). The molecule has 166 valence electrons. The van der Waals surface area contributed by atoms with Crippen LogP contribution in [0.4, 0.5) is 5.69 Å². The van der Waals surface area contributed by atoms with E-state index in [1.807, 2.05) is 30.3 Å². The van der Waals surface area contributed by atoms with E-state index in [0.717, 1.165) is 55.6 Å². The molecule has 1 saturated heterocycles. The van der Waals surface area contributed by atoms with Crippen LogP contribution in [0, 0.1) is 12.3 Å². The second-order valence-electron chi connectivity index (χ2n) is 7.13. The number of hydrogen-bond donors (Lipinski definition) is 2. The second-order valence-corrected chi connectivity index (χ2v) is 7.13. The van der Waals surface area contributed by atoms with Crippen molar-refractivity contribution in [2.75, 3.05) is 45.3 Å². The number of nitrogens with zero attached hydrogens (tertiary/aromatic N) is 2. The van der Waals surface area contributed by atoms with Crippen molar-refractivity contribution in [2.45, 2.75) is 18.9 Å². The Bertz CT molecular complexity index is 880. The molecule has 1 fully saturated rings. The third kappa shape index (κ3) is 7.24. The van der Waals surface area contributed by atoms with Crippen LogP contribution in [0.15, 0.2) is 53.5 Å². The summed E-state index contributed by atoms with van der Waals surface area (Å²) in [5.74, 6) is 5.01. The third-order valence-corrected chi connectivity index (χ3v) is 5.13. The van der Waals surface area contributed by atoms with Crippen LogP contribution in [0.3, 0.4) is 0 Å². The van der Waals surface area contributed by atoms with Crippen molar-refractivity contribution in [3.63, 3.8) is 0 Å². The Morgan fingerprint density at radius 3 is 2.71 bits per heavy atom. The van der Waals surface area contributed by atoms with Crippen molar-refractivity contribution in [1.82, 2.24) is 10.6 Å². The molecular weight excluding hydrogens is 503 g/mol. The number of terminal acetylenes is 1. The maximum absolute atomic E-state index is 5.50. The lowest BCUT2D eigenvalue weighted by molar-refractivity contribution is 0.370. The van der Waals surface area contributed by atoms with Crippen LogP contribution in [0.2, 0.25) is 0 Å². The molecule has 0 spiro atoms. The van der Waals surface area contributed by atoms with Crippen LogP contribution < -0.4 is 25.0 Å². The van der Waals surface area contributed by atoms with Crippen molar-refractivity contribution in [2.24, 2.45) is 4.99 Å². The van der Waals surface area contributed by atoms with Crippen LogP contribution in [0.5, 0.6) is 11.5 Å². The average Bonchev–Trinajstić information content (AvgIpc) is 3.26. The number of rotatable bonds is 8. The van der Waals surface area contributed by atoms with Crippen LogP contribution in [0.25, 0.3) is 0 Å². The van der Waals surface area contributed by atoms with Crippen molar-refractivity contribution >= 4 is 35.6 Å². The van der Waals surface area contributed by atoms with Gasteiger partial charge in [0.2, 0.25) is 0 Å². The largest absolute Gasteiger partial charge is 0.495 e. The highest BCUT2D eigenvalue weighted by Crippen LogP contribution is 2.30. The van der Waals surface area contributed by atoms with E-state index < -0.39 is 0 Å². The van der Waals surface area contributed by atoms with Crippen molar-refractivity contribution in [3.8, 4) is 23.8 Å². The van der Waals surface area contributed by atoms with Crippen molar-refractivity contribution in [3.05, 3.63) is 54.1 Å². The van der Waals surface area contributed by atoms with Gasteiger partial charge in [0.1, 0.15) is 18.1 Å². The first-order chi connectivity index (χ1) is 14.7. The van der Waals surface area contributed by atoms with Gasteiger partial charge >= 0.3 is 0 Å². The minimum Gasteiger partial charge on any atom is -0.495 e. The van der Waals surface area contributed by atoms with Crippen LogP contribution in [0.1, 0.15) is 12.0 Å². The van der Waals surface area contributed by atoms with E-state index in [0.29, 0.717) is 12.6 Å². The van der Waals surface area contributed by atoms with E-state index in [1.54, 1.807) is 14.2 Å². The Kier molecular flexibility index (Phi) is 10.3. The first kappa shape index (κ1) is 24.7. The maximum atomic E-state index is 5.50. The lowest BCUT2D eigenvalue weighted by atomic mass is 10.1. The van der Waals surface area contributed by atoms with Gasteiger partial charge in [0, 0.05) is 32.7 Å². The highest BCUT2D eigenvalue weighted by molar-refractivity contribution is 14.0. The van der Waals surface area contributed by atoms with Crippen molar-refractivity contribution in [1.29, 1.82) is 0 Å². The van der Waals surface area contributed by atoms with Gasteiger partial charge in [-0.25, -0.2) is 0 Å². The number of halogens is 1. The molecule has 2 aromatic rings. The molecule has 31 heavy (non-hydrogen) atoms. The Balaban J connectivity index is 0.00000341. The number of nitrogens with one attached hydrogen (secondary N) is 2. The van der Waals surface area contributed by atoms with Gasteiger partial charge in [-0.2, -0.15) is 0 Å². The summed E-state index contributed by atoms with van der Waals surface area (Å²) in [6.07, 6.45) is 7.16. The van der Waals surface area contributed by atoms with Crippen molar-refractivity contribution < 1.29 is 9.47 Å². The molecule has 1 atom stereocenters. The zero-order chi connectivity index (χ0) is 21.2. The predicted octanol–water partition coefficient (Wildman–Crippen LogP) is 3.31. The minimum atomic E-state index is 0. The zero-order valence-electron chi connectivity index (χ0n) is 18.1. The summed E-state index contributed by atoms with van der Waals surface area (Å²) in [6, 6.07) is 16.5. The fourth-order valence-corrected chi connectivity index (χ4v) is 3.58. The number of benzene rings is 2. The van der Waals surface area contributed by atoms with Gasteiger partial charge in [0.05, 0.1) is 12.8 Å². The quantitative estimate of drug-likeness (QED) is 0.236. The molecule has 0 aliphatic carbocycles. The maximum Gasteiger partial charge on any atom is 0.191 e. The number of aliphatic imine (C=N–C) groups is 1. The molecule has 0 aromatic heterocycles. The molecule has 0 radical (unpaired) electrons. The first-order valence-corrected chi connectivity index (χ1v) is 10.2. The molecule has 0 saturated carbocycles. The topological polar surface area (TPSA) is 58.1 Å². The lowest BCUT2D eigenvalue weighted by Crippen LogP contribution is -2.45. The van der Waals surface area contributed by atoms with Gasteiger partial charge in [-0.1, -0.05) is 30.2 Å². The van der Waals surface area contributed by atoms with Gasteiger partial charge < -0.3 is 25.0 Å². The average molecular weight is 534 g/mol. The van der Waals surface area contributed by atoms with Gasteiger partial charge in [0.25, 0.3) is 0 Å². The molecule has 1 unspecified atom stereocenters. The molecule has 6 nitrogen and oxygen atoms in total. The van der Waals surface area contributed by atoms with Gasteiger partial charge in [-0.3, -0.25) is 4.99 Å². The molecule has 2 N–H and O–H groups in total. The van der Waals surface area contributed by atoms with E-state index in [4.69, 9.17) is 15.9 Å². The standard InChI is InChI=1S/C24H30N4O2.HI/c1-4-17-30-21-11-9-19(10-12-21)13-15-26-24(25-2)27-20-14-16-28(18-20)22-7-5-6-8-23(22)29-3;/h1,5-12,20H,13-18H2,2-3H3,(H2,25,26,27);1H. The summed E-state index contributed by atoms with van der Waals surface area (Å²) in [7, 11) is 3.52. The third-order valence-electron chi connectivity index (χ3n) is 5.13. The normalized spacial score (nSPS) is 15.6.